The van der Waals surface area contributed by atoms with Gasteiger partial charge in [0.2, 0.25) is 12.7 Å². The van der Waals surface area contributed by atoms with E-state index in [0.29, 0.717) is 11.3 Å². The monoisotopic (exact) mass is 500 g/mol. The molecule has 3 aliphatic rings. The van der Waals surface area contributed by atoms with E-state index in [4.69, 9.17) is 9.47 Å². The van der Waals surface area contributed by atoms with E-state index in [0.717, 1.165) is 36.6 Å². The highest BCUT2D eigenvalue weighted by molar-refractivity contribution is 8.00. The lowest BCUT2D eigenvalue weighted by atomic mass is 10.0. The summed E-state index contributed by atoms with van der Waals surface area (Å²) in [6.45, 7) is 6.81. The third-order valence-corrected chi connectivity index (χ3v) is 8.90. The van der Waals surface area contributed by atoms with Gasteiger partial charge < -0.3 is 19.3 Å². The predicted octanol–water partition coefficient (Wildman–Crippen LogP) is 6.37. The van der Waals surface area contributed by atoms with Gasteiger partial charge >= 0.3 is 0 Å². The molecule has 0 aliphatic carbocycles. The largest absolute Gasteiger partial charge is 0.454 e. The Morgan fingerprint density at radius 2 is 1.91 bits per heavy atom. The Morgan fingerprint density at radius 3 is 2.74 bits per heavy atom. The number of hydrogen-bond donors (Lipinski definition) is 0. The van der Waals surface area contributed by atoms with E-state index >= 15 is 0 Å². The molecule has 0 saturated carbocycles. The molecule has 3 heterocycles. The van der Waals surface area contributed by atoms with Crippen LogP contribution in [0.3, 0.4) is 0 Å². The maximum atomic E-state index is 13.5. The highest BCUT2D eigenvalue weighted by atomic mass is 32.2. The van der Waals surface area contributed by atoms with Crippen LogP contribution in [-0.4, -0.2) is 65.7 Å². The molecule has 35 heavy (non-hydrogen) atoms. The molecule has 0 spiro atoms. The summed E-state index contributed by atoms with van der Waals surface area (Å²) in [6.07, 6.45) is 18.0. The minimum absolute atomic E-state index is 0.151. The molecule has 2 atom stereocenters. The Bertz CT molecular complexity index is 824. The number of nitrogens with zero attached hydrogens (tertiary/aromatic N) is 2. The van der Waals surface area contributed by atoms with Crippen LogP contribution in [0.25, 0.3) is 6.08 Å². The van der Waals surface area contributed by atoms with E-state index in [9.17, 15) is 4.79 Å². The van der Waals surface area contributed by atoms with E-state index in [1.165, 1.54) is 83.1 Å². The van der Waals surface area contributed by atoms with Crippen molar-refractivity contribution < 1.29 is 14.3 Å². The number of ether oxygens (including phenoxy) is 2. The van der Waals surface area contributed by atoms with Gasteiger partial charge in [-0.25, -0.2) is 0 Å². The Balaban J connectivity index is 1.32. The van der Waals surface area contributed by atoms with E-state index in [-0.39, 0.29) is 12.7 Å². The molecule has 0 bridgehead atoms. The van der Waals surface area contributed by atoms with Crippen LogP contribution >= 0.6 is 11.8 Å². The summed E-state index contributed by atoms with van der Waals surface area (Å²) in [7, 11) is 0. The average Bonchev–Trinajstić information content (AvgIpc) is 3.57. The second kappa shape index (κ2) is 14.2. The topological polar surface area (TPSA) is 42.0 Å². The number of hydrogen-bond acceptors (Lipinski definition) is 5. The van der Waals surface area contributed by atoms with Crippen molar-refractivity contribution in [2.75, 3.05) is 38.7 Å². The van der Waals surface area contributed by atoms with Gasteiger partial charge in [0.05, 0.1) is 0 Å². The Labute approximate surface area is 216 Å². The van der Waals surface area contributed by atoms with Crippen molar-refractivity contribution in [3.63, 3.8) is 0 Å². The Morgan fingerprint density at radius 1 is 1.09 bits per heavy atom. The van der Waals surface area contributed by atoms with Crippen LogP contribution < -0.4 is 9.47 Å². The summed E-state index contributed by atoms with van der Waals surface area (Å²) in [6, 6.07) is 6.18. The van der Waals surface area contributed by atoms with Crippen LogP contribution in [0.2, 0.25) is 0 Å². The van der Waals surface area contributed by atoms with Gasteiger partial charge in [-0.2, -0.15) is 11.8 Å². The van der Waals surface area contributed by atoms with Crippen LogP contribution in [0.4, 0.5) is 0 Å². The number of likely N-dealkylation sites (tertiary alicyclic amines) is 1. The van der Waals surface area contributed by atoms with Gasteiger partial charge in [0, 0.05) is 30.5 Å². The zero-order valence-corrected chi connectivity index (χ0v) is 22.4. The number of amides is 1. The van der Waals surface area contributed by atoms with E-state index < -0.39 is 0 Å². The maximum absolute atomic E-state index is 13.5. The fourth-order valence-electron chi connectivity index (χ4n) is 5.49. The fraction of sp³-hybridized carbons (Fsp3) is 0.690. The SMILES string of the molecule is CCCCCCCCCN1CCCC(N(CC2CCCS2)C(=O)C=Cc2ccc3c(c2)OCO3)C1. The summed E-state index contributed by atoms with van der Waals surface area (Å²) in [5.41, 5.74) is 0.974. The first kappa shape index (κ1) is 26.4. The summed E-state index contributed by atoms with van der Waals surface area (Å²) in [5, 5.41) is 0.580. The van der Waals surface area contributed by atoms with Crippen LogP contribution in [-0.2, 0) is 4.79 Å². The molecule has 5 nitrogen and oxygen atoms in total. The number of rotatable bonds is 13. The summed E-state index contributed by atoms with van der Waals surface area (Å²) < 4.78 is 10.9. The van der Waals surface area contributed by atoms with Gasteiger partial charge in [0.1, 0.15) is 0 Å². The lowest BCUT2D eigenvalue weighted by Gasteiger charge is -2.40. The van der Waals surface area contributed by atoms with Crippen LogP contribution in [0.1, 0.15) is 83.1 Å². The summed E-state index contributed by atoms with van der Waals surface area (Å²) >= 11 is 2.04. The third-order valence-electron chi connectivity index (χ3n) is 7.52. The third kappa shape index (κ3) is 8.18. The number of carbonyl (C=O) groups is 1. The van der Waals surface area contributed by atoms with Crippen LogP contribution in [0.15, 0.2) is 24.3 Å². The molecular weight excluding hydrogens is 456 g/mol. The normalized spacial score (nSPS) is 22.2. The maximum Gasteiger partial charge on any atom is 0.246 e. The lowest BCUT2D eigenvalue weighted by Crippen LogP contribution is -2.51. The lowest BCUT2D eigenvalue weighted by molar-refractivity contribution is -0.129. The number of thioether (sulfide) groups is 1. The first-order valence-electron chi connectivity index (χ1n) is 13.9. The minimum Gasteiger partial charge on any atom is -0.454 e. The molecule has 1 amide bonds. The van der Waals surface area contributed by atoms with Crippen LogP contribution in [0, 0.1) is 0 Å². The van der Waals surface area contributed by atoms with Crippen molar-refractivity contribution in [3.05, 3.63) is 29.8 Å². The predicted molar refractivity (Wildman–Crippen MR) is 146 cm³/mol. The highest BCUT2D eigenvalue weighted by Gasteiger charge is 2.30. The van der Waals surface area contributed by atoms with Gasteiger partial charge in [0.25, 0.3) is 0 Å². The van der Waals surface area contributed by atoms with Crippen molar-refractivity contribution >= 4 is 23.7 Å². The molecule has 2 saturated heterocycles. The fourth-order valence-corrected chi connectivity index (χ4v) is 6.75. The minimum atomic E-state index is 0.151. The summed E-state index contributed by atoms with van der Waals surface area (Å²) in [5.74, 6) is 2.91. The molecule has 0 radical (unpaired) electrons. The van der Waals surface area contributed by atoms with Crippen molar-refractivity contribution in [2.45, 2.75) is 88.8 Å². The van der Waals surface area contributed by atoms with Gasteiger partial charge in [-0.1, -0.05) is 51.5 Å². The van der Waals surface area contributed by atoms with Crippen molar-refractivity contribution in [1.29, 1.82) is 0 Å². The number of unbranched alkanes of at least 4 members (excludes halogenated alkanes) is 6. The second-order valence-electron chi connectivity index (χ2n) is 10.3. The molecule has 194 valence electrons. The van der Waals surface area contributed by atoms with Gasteiger partial charge in [-0.15, -0.1) is 0 Å². The second-order valence-corrected chi connectivity index (χ2v) is 11.7. The van der Waals surface area contributed by atoms with Gasteiger partial charge in [-0.3, -0.25) is 4.79 Å². The quantitative estimate of drug-likeness (QED) is 0.233. The van der Waals surface area contributed by atoms with E-state index in [1.807, 2.05) is 36.0 Å². The molecule has 4 rings (SSSR count). The van der Waals surface area contributed by atoms with Gasteiger partial charge in [-0.05, 0) is 74.7 Å². The molecule has 1 aromatic rings. The molecule has 0 N–H and O–H groups in total. The Kier molecular flexibility index (Phi) is 10.7. The molecule has 1 aromatic carbocycles. The first-order valence-corrected chi connectivity index (χ1v) is 15.0. The van der Waals surface area contributed by atoms with Crippen molar-refractivity contribution in [1.82, 2.24) is 9.80 Å². The van der Waals surface area contributed by atoms with E-state index in [1.54, 1.807) is 6.08 Å². The number of benzene rings is 1. The smallest absolute Gasteiger partial charge is 0.246 e. The first-order chi connectivity index (χ1) is 17.2. The van der Waals surface area contributed by atoms with Crippen molar-refractivity contribution in [3.8, 4) is 11.5 Å². The molecule has 2 unspecified atom stereocenters. The standard InChI is InChI=1S/C29H44N2O3S/c1-2-3-4-5-6-7-8-17-30-18-9-11-25(21-30)31(22-26-12-10-19-35-26)29(32)16-14-24-13-15-27-28(20-24)34-23-33-27/h13-16,20,25-26H,2-12,17-19,21-23H2,1H3. The summed E-state index contributed by atoms with van der Waals surface area (Å²) in [4.78, 5) is 18.3. The molecular formula is C29H44N2O3S. The van der Waals surface area contributed by atoms with E-state index in [2.05, 4.69) is 16.7 Å². The van der Waals surface area contributed by atoms with Crippen molar-refractivity contribution in [2.24, 2.45) is 0 Å². The van der Waals surface area contributed by atoms with Crippen LogP contribution in [0.5, 0.6) is 11.5 Å². The number of piperidine rings is 1. The zero-order valence-electron chi connectivity index (χ0n) is 21.6. The molecule has 0 aromatic heterocycles. The molecule has 3 aliphatic heterocycles. The molecule has 6 heteroatoms. The molecule has 2 fully saturated rings. The number of carbonyl (C=O) groups excluding carboxylic acids is 1. The van der Waals surface area contributed by atoms with Gasteiger partial charge in [0.15, 0.2) is 11.5 Å². The zero-order chi connectivity index (χ0) is 24.3. The average molecular weight is 501 g/mol. The number of fused-ring (bicyclic) bond motifs is 1. The Hall–Kier alpha value is -1.66. The highest BCUT2D eigenvalue weighted by Crippen LogP contribution is 2.33.